The van der Waals surface area contributed by atoms with Crippen LogP contribution < -0.4 is 5.32 Å². The number of carboxylic acids is 1. The van der Waals surface area contributed by atoms with E-state index in [1.807, 2.05) is 26.0 Å². The normalized spacial score (nSPS) is 12.9. The molecule has 1 unspecified atom stereocenters. The molecule has 1 aromatic carbocycles. The van der Waals surface area contributed by atoms with Gasteiger partial charge in [0.2, 0.25) is 0 Å². The van der Waals surface area contributed by atoms with Gasteiger partial charge in [0.25, 0.3) is 5.91 Å². The van der Waals surface area contributed by atoms with Gasteiger partial charge in [-0.2, -0.15) is 0 Å². The summed E-state index contributed by atoms with van der Waals surface area (Å²) in [6.45, 7) is 12.8. The van der Waals surface area contributed by atoms with Crippen molar-refractivity contribution in [1.29, 1.82) is 0 Å². The van der Waals surface area contributed by atoms with Crippen LogP contribution in [0.1, 0.15) is 75.1 Å². The average Bonchev–Trinajstić information content (AvgIpc) is 3.34. The highest BCUT2D eigenvalue weighted by Crippen LogP contribution is 2.33. The Morgan fingerprint density at radius 2 is 1.79 bits per heavy atom. The molecule has 3 rings (SSSR count). The molecule has 1 atom stereocenters. The van der Waals surface area contributed by atoms with Crippen LogP contribution in [0.15, 0.2) is 35.7 Å². The number of rotatable bonds is 10. The summed E-state index contributed by atoms with van der Waals surface area (Å²) >= 11 is 1.71. The molecular weight excluding hydrogens is 434 g/mol. The smallest absolute Gasteiger partial charge is 0.326 e. The van der Waals surface area contributed by atoms with E-state index in [9.17, 15) is 14.7 Å². The zero-order valence-corrected chi connectivity index (χ0v) is 21.1. The fourth-order valence-electron chi connectivity index (χ4n) is 4.62. The molecule has 0 saturated heterocycles. The first-order valence-electron chi connectivity index (χ1n) is 11.6. The number of hydrogen-bond acceptors (Lipinski definition) is 4. The molecule has 33 heavy (non-hydrogen) atoms. The van der Waals surface area contributed by atoms with Crippen molar-refractivity contribution in [3.05, 3.63) is 52.0 Å². The third-order valence-corrected chi connectivity index (χ3v) is 6.79. The van der Waals surface area contributed by atoms with Crippen LogP contribution in [-0.2, 0) is 11.2 Å². The Hall–Kier alpha value is -2.67. The fourth-order valence-corrected chi connectivity index (χ4v) is 5.32. The summed E-state index contributed by atoms with van der Waals surface area (Å²) in [4.78, 5) is 30.7. The molecule has 2 N–H and O–H groups in total. The molecule has 0 aliphatic rings. The number of benzene rings is 1. The zero-order chi connectivity index (χ0) is 24.3. The van der Waals surface area contributed by atoms with E-state index in [0.717, 1.165) is 23.3 Å². The number of imidazole rings is 1. The Labute approximate surface area is 200 Å². The van der Waals surface area contributed by atoms with Crippen LogP contribution >= 0.6 is 11.3 Å². The van der Waals surface area contributed by atoms with Crippen LogP contribution in [0.3, 0.4) is 0 Å². The van der Waals surface area contributed by atoms with E-state index in [2.05, 4.69) is 49.0 Å². The number of fused-ring (bicyclic) bond motifs is 1. The van der Waals surface area contributed by atoms with Gasteiger partial charge in [0, 0.05) is 22.9 Å². The van der Waals surface area contributed by atoms with E-state index in [-0.39, 0.29) is 17.9 Å². The third-order valence-electron chi connectivity index (χ3n) is 5.91. The SMILES string of the molecule is CC(C)CC(NC(=O)c1ccc2c(c1)nc(Cc1cccs1)n2C(C(C)C)C(C)C)C(=O)O. The van der Waals surface area contributed by atoms with Crippen molar-refractivity contribution in [3.63, 3.8) is 0 Å². The molecule has 0 bridgehead atoms. The van der Waals surface area contributed by atoms with Gasteiger partial charge in [0.05, 0.1) is 11.0 Å². The maximum atomic E-state index is 12.9. The molecule has 0 radical (unpaired) electrons. The number of aliphatic carboxylic acids is 1. The molecule has 7 heteroatoms. The van der Waals surface area contributed by atoms with Crippen molar-refractivity contribution < 1.29 is 14.7 Å². The Bertz CT molecular complexity index is 1090. The van der Waals surface area contributed by atoms with Gasteiger partial charge < -0.3 is 15.0 Å². The minimum atomic E-state index is -1.02. The molecule has 3 aromatic rings. The summed E-state index contributed by atoms with van der Waals surface area (Å²) in [5, 5.41) is 14.2. The van der Waals surface area contributed by atoms with Gasteiger partial charge in [-0.05, 0) is 53.8 Å². The fraction of sp³-hybridized carbons (Fsp3) is 0.500. The molecule has 0 saturated carbocycles. The number of thiophene rings is 1. The molecule has 178 valence electrons. The second-order valence-electron chi connectivity index (χ2n) is 9.83. The van der Waals surface area contributed by atoms with Crippen LogP contribution in [0.4, 0.5) is 0 Å². The minimum absolute atomic E-state index is 0.161. The zero-order valence-electron chi connectivity index (χ0n) is 20.3. The van der Waals surface area contributed by atoms with Gasteiger partial charge in [0.1, 0.15) is 11.9 Å². The number of amides is 1. The molecule has 6 nitrogen and oxygen atoms in total. The molecule has 2 heterocycles. The maximum Gasteiger partial charge on any atom is 0.326 e. The number of aromatic nitrogens is 2. The minimum Gasteiger partial charge on any atom is -0.480 e. The van der Waals surface area contributed by atoms with Crippen molar-refractivity contribution in [2.45, 2.75) is 66.5 Å². The summed E-state index contributed by atoms with van der Waals surface area (Å²) in [6, 6.07) is 9.03. The van der Waals surface area contributed by atoms with Gasteiger partial charge in [0.15, 0.2) is 0 Å². The lowest BCUT2D eigenvalue weighted by Gasteiger charge is -2.29. The summed E-state index contributed by atoms with van der Waals surface area (Å²) in [6.07, 6.45) is 1.12. The number of carbonyl (C=O) groups is 2. The highest BCUT2D eigenvalue weighted by atomic mass is 32.1. The van der Waals surface area contributed by atoms with Crippen molar-refractivity contribution in [2.75, 3.05) is 0 Å². The van der Waals surface area contributed by atoms with E-state index in [1.54, 1.807) is 23.5 Å². The first kappa shape index (κ1) is 25.0. The summed E-state index contributed by atoms with van der Waals surface area (Å²) in [5.74, 6) is 0.578. The van der Waals surface area contributed by atoms with E-state index in [1.165, 1.54) is 4.88 Å². The highest BCUT2D eigenvalue weighted by molar-refractivity contribution is 7.09. The first-order chi connectivity index (χ1) is 15.6. The molecule has 1 amide bonds. The van der Waals surface area contributed by atoms with E-state index in [4.69, 9.17) is 4.98 Å². The van der Waals surface area contributed by atoms with Gasteiger partial charge in [-0.3, -0.25) is 4.79 Å². The van der Waals surface area contributed by atoms with E-state index < -0.39 is 12.0 Å². The predicted molar refractivity (Wildman–Crippen MR) is 134 cm³/mol. The van der Waals surface area contributed by atoms with E-state index in [0.29, 0.717) is 23.8 Å². The van der Waals surface area contributed by atoms with Crippen molar-refractivity contribution in [1.82, 2.24) is 14.9 Å². The van der Waals surface area contributed by atoms with Gasteiger partial charge in [-0.15, -0.1) is 11.3 Å². The molecule has 0 aliphatic heterocycles. The number of nitrogens with zero attached hydrogens (tertiary/aromatic N) is 2. The van der Waals surface area contributed by atoms with Crippen molar-refractivity contribution in [3.8, 4) is 0 Å². The lowest BCUT2D eigenvalue weighted by Crippen LogP contribution is -2.41. The standard InChI is InChI=1S/C26H35N3O3S/c1-15(2)12-21(26(31)32)28-25(30)18-9-10-22-20(13-18)27-23(14-19-8-7-11-33-19)29(22)24(16(3)4)17(5)6/h7-11,13,15-17,21,24H,12,14H2,1-6H3,(H,28,30)(H,31,32). The highest BCUT2D eigenvalue weighted by Gasteiger charge is 2.26. The summed E-state index contributed by atoms with van der Waals surface area (Å²) < 4.78 is 2.34. The van der Waals surface area contributed by atoms with Crippen LogP contribution in [0.2, 0.25) is 0 Å². The molecule has 0 spiro atoms. The van der Waals surface area contributed by atoms with E-state index >= 15 is 0 Å². The predicted octanol–water partition coefficient (Wildman–Crippen LogP) is 5.77. The quantitative estimate of drug-likeness (QED) is 0.395. The number of carboxylic acid groups (broad SMARTS) is 1. The largest absolute Gasteiger partial charge is 0.480 e. The maximum absolute atomic E-state index is 12.9. The van der Waals surface area contributed by atoms with Gasteiger partial charge >= 0.3 is 5.97 Å². The summed E-state index contributed by atoms with van der Waals surface area (Å²) in [5.41, 5.74) is 2.19. The molecular formula is C26H35N3O3S. The van der Waals surface area contributed by atoms with Crippen molar-refractivity contribution in [2.24, 2.45) is 17.8 Å². The average molecular weight is 470 g/mol. The summed E-state index contributed by atoms with van der Waals surface area (Å²) in [7, 11) is 0. The lowest BCUT2D eigenvalue weighted by molar-refractivity contribution is -0.139. The Morgan fingerprint density at radius 1 is 1.09 bits per heavy atom. The Kier molecular flexibility index (Phi) is 7.95. The number of nitrogens with one attached hydrogen (secondary N) is 1. The van der Waals surface area contributed by atoms with Crippen LogP contribution in [-0.4, -0.2) is 32.6 Å². The monoisotopic (exact) mass is 469 g/mol. The Balaban J connectivity index is 2.02. The third kappa shape index (κ3) is 5.82. The number of hydrogen-bond donors (Lipinski definition) is 2. The molecule has 0 fully saturated rings. The topological polar surface area (TPSA) is 84.2 Å². The lowest BCUT2D eigenvalue weighted by atomic mass is 9.92. The second-order valence-corrected chi connectivity index (χ2v) is 10.9. The Morgan fingerprint density at radius 3 is 2.33 bits per heavy atom. The van der Waals surface area contributed by atoms with Crippen LogP contribution in [0.5, 0.6) is 0 Å². The first-order valence-corrected chi connectivity index (χ1v) is 12.5. The van der Waals surface area contributed by atoms with Gasteiger partial charge in [-0.25, -0.2) is 9.78 Å². The van der Waals surface area contributed by atoms with Crippen molar-refractivity contribution >= 4 is 34.2 Å². The van der Waals surface area contributed by atoms with Gasteiger partial charge in [-0.1, -0.05) is 47.6 Å². The van der Waals surface area contributed by atoms with Crippen LogP contribution in [0.25, 0.3) is 11.0 Å². The molecule has 2 aromatic heterocycles. The molecule has 0 aliphatic carbocycles. The number of carbonyl (C=O) groups excluding carboxylic acids is 1. The second kappa shape index (κ2) is 10.5. The van der Waals surface area contributed by atoms with Crippen LogP contribution in [0, 0.1) is 17.8 Å².